The van der Waals surface area contributed by atoms with E-state index in [4.69, 9.17) is 9.47 Å². The summed E-state index contributed by atoms with van der Waals surface area (Å²) in [6, 6.07) is 7.24. The fraction of sp³-hybridized carbons (Fsp3) is 0.467. The molecule has 5 heteroatoms. The number of benzene rings is 1. The van der Waals surface area contributed by atoms with Crippen molar-refractivity contribution in [2.75, 3.05) is 13.2 Å². The van der Waals surface area contributed by atoms with Gasteiger partial charge in [-0.25, -0.2) is 4.79 Å². The van der Waals surface area contributed by atoms with E-state index < -0.39 is 0 Å². The molecule has 4 nitrogen and oxygen atoms in total. The Morgan fingerprint density at radius 3 is 2.50 bits per heavy atom. The molecule has 0 aliphatic heterocycles. The Hall–Kier alpha value is -1.11. The first kappa shape index (κ1) is 16.9. The van der Waals surface area contributed by atoms with Crippen LogP contribution in [0.1, 0.15) is 43.0 Å². The third-order valence-corrected chi connectivity index (χ3v) is 3.55. The van der Waals surface area contributed by atoms with Crippen molar-refractivity contribution in [2.45, 2.75) is 32.6 Å². The first-order valence-electron chi connectivity index (χ1n) is 6.72. The number of halogens is 1. The highest BCUT2D eigenvalue weighted by atomic mass is 127. The molecule has 0 aliphatic carbocycles. The van der Waals surface area contributed by atoms with Crippen LogP contribution in [0.4, 0.5) is 0 Å². The molecule has 0 N–H and O–H groups in total. The number of hydrogen-bond acceptors (Lipinski definition) is 4. The second-order valence-corrected chi connectivity index (χ2v) is 5.46. The lowest BCUT2D eigenvalue weighted by Gasteiger charge is -2.06. The minimum atomic E-state index is -0.352. The highest BCUT2D eigenvalue weighted by molar-refractivity contribution is 14.1. The summed E-state index contributed by atoms with van der Waals surface area (Å²) in [4.78, 5) is 23.1. The number of hydrogen-bond donors (Lipinski definition) is 0. The van der Waals surface area contributed by atoms with E-state index in [-0.39, 0.29) is 25.0 Å². The van der Waals surface area contributed by atoms with Gasteiger partial charge in [-0.15, -0.1) is 0 Å². The van der Waals surface area contributed by atoms with Crippen molar-refractivity contribution >= 4 is 34.5 Å². The Bertz CT molecular complexity index is 445. The van der Waals surface area contributed by atoms with Gasteiger partial charge in [0, 0.05) is 9.99 Å². The molecule has 0 aliphatic rings. The highest BCUT2D eigenvalue weighted by Gasteiger charge is 2.10. The number of esters is 2. The van der Waals surface area contributed by atoms with E-state index in [1.807, 2.05) is 19.1 Å². The molecule has 20 heavy (non-hydrogen) atoms. The van der Waals surface area contributed by atoms with E-state index in [0.29, 0.717) is 18.6 Å². The Kier molecular flexibility index (Phi) is 8.25. The Labute approximate surface area is 133 Å². The zero-order valence-electron chi connectivity index (χ0n) is 11.6. The summed E-state index contributed by atoms with van der Waals surface area (Å²) in [5.41, 5.74) is 0.554. The molecule has 0 heterocycles. The molecule has 1 rings (SSSR count). The van der Waals surface area contributed by atoms with Crippen molar-refractivity contribution in [1.82, 2.24) is 0 Å². The third-order valence-electron chi connectivity index (χ3n) is 2.61. The average Bonchev–Trinajstić information content (AvgIpc) is 2.44. The van der Waals surface area contributed by atoms with Gasteiger partial charge in [0.25, 0.3) is 0 Å². The van der Waals surface area contributed by atoms with Gasteiger partial charge in [-0.05, 0) is 47.6 Å². The maximum atomic E-state index is 11.8. The molecule has 0 unspecified atom stereocenters. The van der Waals surface area contributed by atoms with Gasteiger partial charge in [0.2, 0.25) is 0 Å². The van der Waals surface area contributed by atoms with E-state index in [1.165, 1.54) is 0 Å². The van der Waals surface area contributed by atoms with Crippen LogP contribution in [0.15, 0.2) is 24.3 Å². The van der Waals surface area contributed by atoms with Crippen molar-refractivity contribution in [3.63, 3.8) is 0 Å². The maximum absolute atomic E-state index is 11.8. The molecule has 0 saturated heterocycles. The molecule has 0 radical (unpaired) electrons. The molecule has 0 fully saturated rings. The minimum Gasteiger partial charge on any atom is -0.466 e. The van der Waals surface area contributed by atoms with E-state index in [0.717, 1.165) is 16.4 Å². The van der Waals surface area contributed by atoms with Gasteiger partial charge in [0.05, 0.1) is 18.8 Å². The lowest BCUT2D eigenvalue weighted by atomic mass is 10.2. The van der Waals surface area contributed by atoms with Crippen LogP contribution in [0.3, 0.4) is 0 Å². The second kappa shape index (κ2) is 9.74. The van der Waals surface area contributed by atoms with Gasteiger partial charge >= 0.3 is 11.9 Å². The largest absolute Gasteiger partial charge is 0.466 e. The first-order valence-corrected chi connectivity index (χ1v) is 7.80. The molecule has 1 aromatic carbocycles. The Morgan fingerprint density at radius 2 is 1.80 bits per heavy atom. The van der Waals surface area contributed by atoms with Crippen LogP contribution in [0, 0.1) is 3.57 Å². The lowest BCUT2D eigenvalue weighted by molar-refractivity contribution is -0.144. The maximum Gasteiger partial charge on any atom is 0.339 e. The summed E-state index contributed by atoms with van der Waals surface area (Å²) in [5.74, 6) is -0.585. The zero-order valence-corrected chi connectivity index (χ0v) is 13.7. The summed E-state index contributed by atoms with van der Waals surface area (Å²) in [7, 11) is 0. The van der Waals surface area contributed by atoms with Crippen molar-refractivity contribution < 1.29 is 19.1 Å². The predicted octanol–water partition coefficient (Wildman–Crippen LogP) is 3.57. The summed E-state index contributed by atoms with van der Waals surface area (Å²) >= 11 is 2.09. The number of carbonyl (C=O) groups is 2. The normalized spacial score (nSPS) is 10.1. The van der Waals surface area contributed by atoms with Crippen LogP contribution in [0.25, 0.3) is 0 Å². The molecule has 1 aromatic rings. The van der Waals surface area contributed by atoms with Crippen molar-refractivity contribution in [3.8, 4) is 0 Å². The van der Waals surface area contributed by atoms with Gasteiger partial charge in [-0.3, -0.25) is 4.79 Å². The molecule has 0 saturated carbocycles. The minimum absolute atomic E-state index is 0.229. The van der Waals surface area contributed by atoms with Gasteiger partial charge in [-0.1, -0.05) is 25.5 Å². The Balaban J connectivity index is 2.20. The SMILES string of the molecule is CCCCOC(=O)CCCOC(=O)c1ccccc1I. The van der Waals surface area contributed by atoms with Gasteiger partial charge in [0.1, 0.15) is 0 Å². The van der Waals surface area contributed by atoms with E-state index in [2.05, 4.69) is 22.6 Å². The van der Waals surface area contributed by atoms with Crippen LogP contribution in [-0.2, 0) is 14.3 Å². The highest BCUT2D eigenvalue weighted by Crippen LogP contribution is 2.12. The molecule has 0 amide bonds. The first-order chi connectivity index (χ1) is 9.65. The van der Waals surface area contributed by atoms with Crippen molar-refractivity contribution in [1.29, 1.82) is 0 Å². The van der Waals surface area contributed by atoms with E-state index in [9.17, 15) is 9.59 Å². The summed E-state index contributed by atoms with van der Waals surface area (Å²) in [6.45, 7) is 2.74. The number of carbonyl (C=O) groups excluding carboxylic acids is 2. The number of unbranched alkanes of at least 4 members (excludes halogenated alkanes) is 1. The molecular formula is C15H19IO4. The monoisotopic (exact) mass is 390 g/mol. The topological polar surface area (TPSA) is 52.6 Å². The van der Waals surface area contributed by atoms with Crippen LogP contribution >= 0.6 is 22.6 Å². The van der Waals surface area contributed by atoms with Gasteiger partial charge in [0.15, 0.2) is 0 Å². The third kappa shape index (κ3) is 6.36. The summed E-state index contributed by atoms with van der Waals surface area (Å²) in [5, 5.41) is 0. The standard InChI is InChI=1S/C15H19IO4/c1-2-3-10-19-14(17)9-6-11-20-15(18)12-7-4-5-8-13(12)16/h4-5,7-8H,2-3,6,9-11H2,1H3. The van der Waals surface area contributed by atoms with Crippen LogP contribution in [0.5, 0.6) is 0 Å². The molecule has 0 aromatic heterocycles. The number of ether oxygens (including phenoxy) is 2. The predicted molar refractivity (Wildman–Crippen MR) is 84.5 cm³/mol. The number of rotatable bonds is 8. The Morgan fingerprint density at radius 1 is 1.10 bits per heavy atom. The van der Waals surface area contributed by atoms with Crippen LogP contribution < -0.4 is 0 Å². The quantitative estimate of drug-likeness (QED) is 0.387. The molecule has 0 bridgehead atoms. The van der Waals surface area contributed by atoms with Gasteiger partial charge < -0.3 is 9.47 Å². The summed E-state index contributed by atoms with van der Waals surface area (Å²) in [6.07, 6.45) is 2.65. The molecule has 0 spiro atoms. The van der Waals surface area contributed by atoms with Crippen LogP contribution in [0.2, 0.25) is 0 Å². The van der Waals surface area contributed by atoms with Crippen molar-refractivity contribution in [3.05, 3.63) is 33.4 Å². The fourth-order valence-corrected chi connectivity index (χ4v) is 2.10. The fourth-order valence-electron chi connectivity index (χ4n) is 1.49. The lowest BCUT2D eigenvalue weighted by Crippen LogP contribution is -2.11. The van der Waals surface area contributed by atoms with Crippen LogP contribution in [-0.4, -0.2) is 25.2 Å². The van der Waals surface area contributed by atoms with Gasteiger partial charge in [-0.2, -0.15) is 0 Å². The zero-order chi connectivity index (χ0) is 14.8. The average molecular weight is 390 g/mol. The second-order valence-electron chi connectivity index (χ2n) is 4.29. The smallest absolute Gasteiger partial charge is 0.339 e. The van der Waals surface area contributed by atoms with Crippen molar-refractivity contribution in [2.24, 2.45) is 0 Å². The van der Waals surface area contributed by atoms with E-state index >= 15 is 0 Å². The summed E-state index contributed by atoms with van der Waals surface area (Å²) < 4.78 is 11.0. The van der Waals surface area contributed by atoms with E-state index in [1.54, 1.807) is 12.1 Å². The molecular weight excluding hydrogens is 371 g/mol. The molecule has 0 atom stereocenters. The molecule has 110 valence electrons.